The number of aromatic nitrogens is 6. The van der Waals surface area contributed by atoms with Gasteiger partial charge < -0.3 is 4.57 Å². The number of terminal acetylenes is 1. The Bertz CT molecular complexity index is 1060. The second-order valence-corrected chi connectivity index (χ2v) is 6.85. The zero-order valence-electron chi connectivity index (χ0n) is 15.8. The molecule has 1 unspecified atom stereocenters. The fraction of sp³-hybridized carbons (Fsp3) is 0.333. The van der Waals surface area contributed by atoms with E-state index in [1.54, 1.807) is 0 Å². The summed E-state index contributed by atoms with van der Waals surface area (Å²) in [4.78, 5) is 14.0. The average Bonchev–Trinajstić information content (AvgIpc) is 3.22. The van der Waals surface area contributed by atoms with Gasteiger partial charge in [-0.15, -0.1) is 5.10 Å². The van der Waals surface area contributed by atoms with Crippen molar-refractivity contribution >= 4 is 6.08 Å². The molecule has 0 radical (unpaired) electrons. The van der Waals surface area contributed by atoms with Crippen LogP contribution in [0.4, 0.5) is 0 Å². The highest BCUT2D eigenvalue weighted by atomic mass is 15.3. The van der Waals surface area contributed by atoms with E-state index < -0.39 is 0 Å². The van der Waals surface area contributed by atoms with Crippen molar-refractivity contribution in [3.05, 3.63) is 53.3 Å². The Morgan fingerprint density at radius 1 is 1.33 bits per heavy atom. The van der Waals surface area contributed by atoms with E-state index in [-0.39, 0.29) is 0 Å². The number of allylic oxidation sites excluding steroid dienone is 1. The van der Waals surface area contributed by atoms with Crippen LogP contribution in [-0.4, -0.2) is 29.3 Å². The molecule has 0 aromatic carbocycles. The molecule has 27 heavy (non-hydrogen) atoms. The minimum atomic E-state index is 0.397. The maximum absolute atomic E-state index is 5.50. The lowest BCUT2D eigenvalue weighted by molar-refractivity contribution is 0.658. The first kappa shape index (κ1) is 17.2. The Kier molecular flexibility index (Phi) is 4.36. The zero-order chi connectivity index (χ0) is 19.0. The van der Waals surface area contributed by atoms with Crippen LogP contribution in [0.15, 0.2) is 24.4 Å². The molecule has 6 heteroatoms. The summed E-state index contributed by atoms with van der Waals surface area (Å²) in [6.07, 6.45) is 13.5. The van der Waals surface area contributed by atoms with Crippen molar-refractivity contribution in [2.75, 3.05) is 0 Å². The molecule has 0 aliphatic heterocycles. The lowest BCUT2D eigenvalue weighted by atomic mass is 9.88. The van der Waals surface area contributed by atoms with E-state index in [0.717, 1.165) is 41.4 Å². The highest BCUT2D eigenvalue weighted by Crippen LogP contribution is 2.37. The molecule has 1 aliphatic carbocycles. The third kappa shape index (κ3) is 2.95. The van der Waals surface area contributed by atoms with Gasteiger partial charge >= 0.3 is 0 Å². The van der Waals surface area contributed by atoms with E-state index in [9.17, 15) is 0 Å². The summed E-state index contributed by atoms with van der Waals surface area (Å²) >= 11 is 0. The number of hydrogen-bond acceptors (Lipinski definition) is 4. The molecule has 6 nitrogen and oxygen atoms in total. The quantitative estimate of drug-likeness (QED) is 0.673. The Balaban J connectivity index is 1.62. The number of aryl methyl sites for hydroxylation is 2. The first-order valence-corrected chi connectivity index (χ1v) is 9.17. The number of pyridine rings is 1. The average molecular weight is 358 g/mol. The molecule has 0 saturated heterocycles. The molecule has 0 saturated carbocycles. The van der Waals surface area contributed by atoms with Gasteiger partial charge in [-0.05, 0) is 31.6 Å². The highest BCUT2D eigenvalue weighted by Gasteiger charge is 2.27. The molecule has 0 spiro atoms. The zero-order valence-corrected chi connectivity index (χ0v) is 15.8. The fourth-order valence-electron chi connectivity index (χ4n) is 3.70. The van der Waals surface area contributed by atoms with Gasteiger partial charge in [-0.25, -0.2) is 9.97 Å². The second kappa shape index (κ2) is 6.84. The Morgan fingerprint density at radius 3 is 2.96 bits per heavy atom. The smallest absolute Gasteiger partial charge is 0.164 e. The molecule has 136 valence electrons. The van der Waals surface area contributed by atoms with Gasteiger partial charge in [0.05, 0.1) is 11.4 Å². The van der Waals surface area contributed by atoms with Gasteiger partial charge in [0.2, 0.25) is 0 Å². The van der Waals surface area contributed by atoms with Crippen LogP contribution in [0.2, 0.25) is 0 Å². The van der Waals surface area contributed by atoms with Crippen LogP contribution in [-0.2, 0) is 26.3 Å². The summed E-state index contributed by atoms with van der Waals surface area (Å²) in [5.74, 6) is 2.85. The lowest BCUT2D eigenvalue weighted by Gasteiger charge is -2.21. The monoisotopic (exact) mass is 358 g/mol. The van der Waals surface area contributed by atoms with Crippen LogP contribution < -0.4 is 0 Å². The third-order valence-electron chi connectivity index (χ3n) is 5.05. The molecule has 3 aromatic heterocycles. The van der Waals surface area contributed by atoms with Gasteiger partial charge in [-0.1, -0.05) is 19.4 Å². The van der Waals surface area contributed by atoms with E-state index in [1.165, 1.54) is 10.4 Å². The molecular formula is C21H22N6. The first-order valence-electron chi connectivity index (χ1n) is 9.17. The summed E-state index contributed by atoms with van der Waals surface area (Å²) in [7, 11) is 2.09. The molecule has 3 heterocycles. The number of hydrogen-bond donors (Lipinski definition) is 0. The molecule has 0 N–H and O–H groups in total. The molecule has 1 atom stereocenters. The van der Waals surface area contributed by atoms with E-state index >= 15 is 0 Å². The maximum Gasteiger partial charge on any atom is 0.164 e. The van der Waals surface area contributed by atoms with Crippen molar-refractivity contribution in [1.29, 1.82) is 0 Å². The van der Waals surface area contributed by atoms with Gasteiger partial charge in [0, 0.05) is 49.3 Å². The van der Waals surface area contributed by atoms with E-state index in [1.807, 2.05) is 31.3 Å². The molecule has 4 rings (SSSR count). The van der Waals surface area contributed by atoms with Crippen LogP contribution in [0.3, 0.4) is 0 Å². The lowest BCUT2D eigenvalue weighted by Crippen LogP contribution is -2.13. The first-order chi connectivity index (χ1) is 13.1. The van der Waals surface area contributed by atoms with Crippen LogP contribution in [0, 0.1) is 12.5 Å². The minimum Gasteiger partial charge on any atom is -0.334 e. The van der Waals surface area contributed by atoms with Gasteiger partial charge in [0.25, 0.3) is 0 Å². The fourth-order valence-corrected chi connectivity index (χ4v) is 3.70. The molecule has 0 fully saturated rings. The van der Waals surface area contributed by atoms with Crippen LogP contribution in [0.1, 0.15) is 48.6 Å². The minimum absolute atomic E-state index is 0.397. The summed E-state index contributed by atoms with van der Waals surface area (Å²) in [6.45, 7) is 4.15. The van der Waals surface area contributed by atoms with Crippen LogP contribution in [0.25, 0.3) is 17.3 Å². The van der Waals surface area contributed by atoms with Crippen molar-refractivity contribution < 1.29 is 0 Å². The van der Waals surface area contributed by atoms with Crippen molar-refractivity contribution in [3.8, 4) is 23.7 Å². The molecule has 0 amide bonds. The number of fused-ring (bicyclic) bond motifs is 3. The van der Waals surface area contributed by atoms with Crippen molar-refractivity contribution in [3.63, 3.8) is 0 Å². The van der Waals surface area contributed by atoms with E-state index in [4.69, 9.17) is 11.4 Å². The van der Waals surface area contributed by atoms with Crippen molar-refractivity contribution in [1.82, 2.24) is 29.3 Å². The van der Waals surface area contributed by atoms with Gasteiger partial charge in [-0.3, -0.25) is 4.98 Å². The van der Waals surface area contributed by atoms with Gasteiger partial charge in [0.15, 0.2) is 11.6 Å². The van der Waals surface area contributed by atoms with Crippen molar-refractivity contribution in [2.45, 2.75) is 39.0 Å². The summed E-state index contributed by atoms with van der Waals surface area (Å²) in [5, 5.41) is 4.39. The van der Waals surface area contributed by atoms with E-state index in [0.29, 0.717) is 18.2 Å². The number of nitrogens with zero attached hydrogens (tertiary/aromatic N) is 6. The largest absolute Gasteiger partial charge is 0.334 e. The number of imidazole rings is 1. The highest BCUT2D eigenvalue weighted by molar-refractivity contribution is 5.68. The summed E-state index contributed by atoms with van der Waals surface area (Å²) in [5.41, 5.74) is 4.62. The third-order valence-corrected chi connectivity index (χ3v) is 5.05. The van der Waals surface area contributed by atoms with Gasteiger partial charge in [-0.2, -0.15) is 4.68 Å². The normalized spacial score (nSPS) is 15.6. The molecule has 1 aliphatic rings. The van der Waals surface area contributed by atoms with Crippen molar-refractivity contribution in [2.24, 2.45) is 7.05 Å². The topological polar surface area (TPSA) is 61.4 Å². The molecular weight excluding hydrogens is 336 g/mol. The Hall–Kier alpha value is -3.20. The predicted octanol–water partition coefficient (Wildman–Crippen LogP) is 2.99. The second-order valence-electron chi connectivity index (χ2n) is 6.85. The van der Waals surface area contributed by atoms with E-state index in [2.05, 4.69) is 45.7 Å². The maximum atomic E-state index is 5.50. The summed E-state index contributed by atoms with van der Waals surface area (Å²) in [6, 6.07) is 6.63. The standard InChI is InChI=1S/C21H22N6/c1-5-8-19-23-17(25-27(19)6-2)10-11-18-24-21-15-9-7-12-22-20(15)14(3)13-16(21)26(18)4/h2,5,7-9,12,14H,10-11,13H2,1,3-4H3/b8-5-. The Morgan fingerprint density at radius 2 is 2.19 bits per heavy atom. The number of rotatable bonds is 4. The SMILES string of the molecule is C#Cn1nc(CCc2nc3c(n2C)CC(C)c2ncccc2-3)nc1/C=C\C. The van der Waals surface area contributed by atoms with Crippen LogP contribution >= 0.6 is 0 Å². The Labute approximate surface area is 159 Å². The molecule has 3 aromatic rings. The summed E-state index contributed by atoms with van der Waals surface area (Å²) < 4.78 is 3.69. The van der Waals surface area contributed by atoms with Gasteiger partial charge in [0.1, 0.15) is 5.82 Å². The molecule has 0 bridgehead atoms. The van der Waals surface area contributed by atoms with Crippen LogP contribution in [0.5, 0.6) is 0 Å². The predicted molar refractivity (Wildman–Crippen MR) is 105 cm³/mol.